The minimum absolute atomic E-state index is 0.0890. The molecule has 0 radical (unpaired) electrons. The number of hydrogen-bond acceptors (Lipinski definition) is 4. The highest BCUT2D eigenvalue weighted by Crippen LogP contribution is 2.26. The van der Waals surface area contributed by atoms with Crippen LogP contribution in [0.1, 0.15) is 26.7 Å². The van der Waals surface area contributed by atoms with Crippen LogP contribution < -0.4 is 14.9 Å². The quantitative estimate of drug-likeness (QED) is 0.727. The molecule has 2 aromatic rings. The molecule has 2 atom stereocenters. The zero-order valence-corrected chi connectivity index (χ0v) is 17.3. The fraction of sp³-hybridized carbons (Fsp3) is 0.333. The van der Waals surface area contributed by atoms with Crippen LogP contribution in [0, 0.1) is 5.92 Å². The van der Waals surface area contributed by atoms with Crippen molar-refractivity contribution in [1.82, 2.24) is 4.72 Å². The molecule has 1 heterocycles. The Bertz CT molecular complexity index is 975. The van der Waals surface area contributed by atoms with Crippen LogP contribution in [0.15, 0.2) is 59.5 Å². The van der Waals surface area contributed by atoms with Crippen molar-refractivity contribution >= 4 is 33.2 Å². The Hall–Kier alpha value is -2.71. The molecule has 7 nitrogen and oxygen atoms in total. The van der Waals surface area contributed by atoms with E-state index in [0.717, 1.165) is 5.69 Å². The van der Waals surface area contributed by atoms with Crippen molar-refractivity contribution in [2.75, 3.05) is 16.8 Å². The number of carbonyl (C=O) groups excluding carboxylic acids is 2. The third kappa shape index (κ3) is 5.02. The van der Waals surface area contributed by atoms with E-state index in [0.29, 0.717) is 18.7 Å². The Morgan fingerprint density at radius 1 is 1.14 bits per heavy atom. The van der Waals surface area contributed by atoms with Gasteiger partial charge in [0, 0.05) is 30.4 Å². The number of nitrogens with one attached hydrogen (secondary N) is 2. The van der Waals surface area contributed by atoms with Gasteiger partial charge in [-0.3, -0.25) is 9.59 Å². The number of anilines is 2. The smallest absolute Gasteiger partial charge is 0.240 e. The van der Waals surface area contributed by atoms with Gasteiger partial charge in [-0.25, -0.2) is 13.1 Å². The number of carbonyl (C=O) groups is 2. The topological polar surface area (TPSA) is 95.6 Å². The Balaban J connectivity index is 1.63. The van der Waals surface area contributed by atoms with Crippen molar-refractivity contribution < 1.29 is 18.0 Å². The standard InChI is InChI=1S/C21H25N3O4S/c1-3-15(2)23-29(27,28)19-11-9-17(10-12-19)22-21(26)16-13-20(25)24(14-16)18-7-5-4-6-8-18/h4-12,15-16,23H,3,13-14H2,1-2H3,(H,22,26)/t15-,16-/m1/s1. The van der Waals surface area contributed by atoms with Gasteiger partial charge in [0.2, 0.25) is 21.8 Å². The first kappa shape index (κ1) is 21.0. The van der Waals surface area contributed by atoms with E-state index in [1.807, 2.05) is 37.3 Å². The van der Waals surface area contributed by atoms with E-state index in [-0.39, 0.29) is 29.2 Å². The van der Waals surface area contributed by atoms with Crippen molar-refractivity contribution in [3.05, 3.63) is 54.6 Å². The van der Waals surface area contributed by atoms with Crippen LogP contribution in [-0.4, -0.2) is 32.8 Å². The molecule has 0 spiro atoms. The first-order valence-corrected chi connectivity index (χ1v) is 11.1. The highest BCUT2D eigenvalue weighted by Gasteiger charge is 2.35. The second-order valence-corrected chi connectivity index (χ2v) is 8.90. The van der Waals surface area contributed by atoms with Crippen LogP contribution in [0.25, 0.3) is 0 Å². The summed E-state index contributed by atoms with van der Waals surface area (Å²) in [5.41, 5.74) is 1.26. The van der Waals surface area contributed by atoms with Crippen molar-refractivity contribution in [2.45, 2.75) is 37.6 Å². The Morgan fingerprint density at radius 3 is 2.41 bits per heavy atom. The number of para-hydroxylation sites is 1. The molecule has 0 aliphatic carbocycles. The minimum atomic E-state index is -3.59. The summed E-state index contributed by atoms with van der Waals surface area (Å²) in [7, 11) is -3.59. The molecule has 0 unspecified atom stereocenters. The molecule has 2 aromatic carbocycles. The molecule has 1 saturated heterocycles. The van der Waals surface area contributed by atoms with E-state index in [1.54, 1.807) is 24.0 Å². The van der Waals surface area contributed by atoms with E-state index < -0.39 is 15.9 Å². The third-order valence-corrected chi connectivity index (χ3v) is 6.57. The van der Waals surface area contributed by atoms with Gasteiger partial charge in [0.05, 0.1) is 10.8 Å². The van der Waals surface area contributed by atoms with Gasteiger partial charge in [0.1, 0.15) is 0 Å². The van der Waals surface area contributed by atoms with Crippen LogP contribution in [-0.2, 0) is 19.6 Å². The highest BCUT2D eigenvalue weighted by atomic mass is 32.2. The maximum Gasteiger partial charge on any atom is 0.240 e. The van der Waals surface area contributed by atoms with Crippen LogP contribution in [0.2, 0.25) is 0 Å². The highest BCUT2D eigenvalue weighted by molar-refractivity contribution is 7.89. The Kier molecular flexibility index (Phi) is 6.34. The van der Waals surface area contributed by atoms with E-state index in [2.05, 4.69) is 10.0 Å². The zero-order valence-electron chi connectivity index (χ0n) is 16.5. The number of hydrogen-bond donors (Lipinski definition) is 2. The van der Waals surface area contributed by atoms with Gasteiger partial charge in [-0.15, -0.1) is 0 Å². The Morgan fingerprint density at radius 2 is 1.79 bits per heavy atom. The van der Waals surface area contributed by atoms with Crippen molar-refractivity contribution in [1.29, 1.82) is 0 Å². The fourth-order valence-electron chi connectivity index (χ4n) is 3.12. The summed E-state index contributed by atoms with van der Waals surface area (Å²) < 4.78 is 27.2. The first-order valence-electron chi connectivity index (χ1n) is 9.59. The summed E-state index contributed by atoms with van der Waals surface area (Å²) in [6, 6.07) is 15.1. The average molecular weight is 416 g/mol. The second kappa shape index (κ2) is 8.75. The lowest BCUT2D eigenvalue weighted by Gasteiger charge is -2.16. The van der Waals surface area contributed by atoms with Crippen molar-refractivity contribution in [2.24, 2.45) is 5.92 Å². The van der Waals surface area contributed by atoms with E-state index in [9.17, 15) is 18.0 Å². The molecule has 0 saturated carbocycles. The van der Waals surface area contributed by atoms with Gasteiger partial charge < -0.3 is 10.2 Å². The van der Waals surface area contributed by atoms with Gasteiger partial charge in [-0.2, -0.15) is 0 Å². The number of sulfonamides is 1. The summed E-state index contributed by atoms with van der Waals surface area (Å²) in [4.78, 5) is 26.6. The number of rotatable bonds is 7. The largest absolute Gasteiger partial charge is 0.326 e. The second-order valence-electron chi connectivity index (χ2n) is 7.19. The normalized spacial score (nSPS) is 17.9. The number of nitrogens with zero attached hydrogens (tertiary/aromatic N) is 1. The van der Waals surface area contributed by atoms with Crippen molar-refractivity contribution in [3.63, 3.8) is 0 Å². The lowest BCUT2D eigenvalue weighted by Crippen LogP contribution is -2.32. The molecule has 3 rings (SSSR count). The summed E-state index contributed by atoms with van der Waals surface area (Å²) in [6.45, 7) is 4.02. The predicted molar refractivity (Wildman–Crippen MR) is 112 cm³/mol. The molecule has 0 bridgehead atoms. The summed E-state index contributed by atoms with van der Waals surface area (Å²) in [5, 5.41) is 2.77. The van der Waals surface area contributed by atoms with E-state index >= 15 is 0 Å². The van der Waals surface area contributed by atoms with Crippen LogP contribution in [0.4, 0.5) is 11.4 Å². The number of amides is 2. The van der Waals surface area contributed by atoms with Crippen LogP contribution in [0.3, 0.4) is 0 Å². The van der Waals surface area contributed by atoms with Gasteiger partial charge in [0.25, 0.3) is 0 Å². The molecule has 29 heavy (non-hydrogen) atoms. The summed E-state index contributed by atoms with van der Waals surface area (Å²) in [5.74, 6) is -0.808. The molecule has 2 N–H and O–H groups in total. The van der Waals surface area contributed by atoms with Gasteiger partial charge in [0.15, 0.2) is 0 Å². The lowest BCUT2D eigenvalue weighted by atomic mass is 10.1. The Labute approximate surface area is 171 Å². The molecule has 154 valence electrons. The molecule has 1 aliphatic heterocycles. The molecular weight excluding hydrogens is 390 g/mol. The predicted octanol–water partition coefficient (Wildman–Crippen LogP) is 2.76. The summed E-state index contributed by atoms with van der Waals surface area (Å²) >= 11 is 0. The van der Waals surface area contributed by atoms with Gasteiger partial charge in [-0.05, 0) is 49.7 Å². The SMILES string of the molecule is CC[C@@H](C)NS(=O)(=O)c1ccc(NC(=O)[C@@H]2CC(=O)N(c3ccccc3)C2)cc1. The van der Waals surface area contributed by atoms with Gasteiger partial charge in [-0.1, -0.05) is 25.1 Å². The fourth-order valence-corrected chi connectivity index (χ4v) is 4.45. The monoisotopic (exact) mass is 415 g/mol. The first-order chi connectivity index (χ1) is 13.8. The third-order valence-electron chi connectivity index (χ3n) is 4.96. The molecule has 8 heteroatoms. The number of benzene rings is 2. The van der Waals surface area contributed by atoms with Crippen LogP contribution in [0.5, 0.6) is 0 Å². The van der Waals surface area contributed by atoms with E-state index in [4.69, 9.17) is 0 Å². The van der Waals surface area contributed by atoms with Crippen molar-refractivity contribution in [3.8, 4) is 0 Å². The average Bonchev–Trinajstić information content (AvgIpc) is 3.10. The minimum Gasteiger partial charge on any atom is -0.326 e. The lowest BCUT2D eigenvalue weighted by molar-refractivity contribution is -0.122. The zero-order chi connectivity index (χ0) is 21.0. The molecule has 2 amide bonds. The van der Waals surface area contributed by atoms with E-state index in [1.165, 1.54) is 12.1 Å². The molecule has 1 fully saturated rings. The van der Waals surface area contributed by atoms with Crippen LogP contribution >= 0.6 is 0 Å². The van der Waals surface area contributed by atoms with Gasteiger partial charge >= 0.3 is 0 Å². The maximum absolute atomic E-state index is 12.6. The summed E-state index contributed by atoms with van der Waals surface area (Å²) in [6.07, 6.45) is 0.833. The maximum atomic E-state index is 12.6. The molecular formula is C21H25N3O4S. The molecule has 1 aliphatic rings. The molecule has 0 aromatic heterocycles.